The third-order valence-corrected chi connectivity index (χ3v) is 6.98. The lowest BCUT2D eigenvalue weighted by atomic mass is 9.96. The van der Waals surface area contributed by atoms with Crippen LogP contribution in [0.2, 0.25) is 10.0 Å². The van der Waals surface area contributed by atoms with Gasteiger partial charge in [0, 0.05) is 32.7 Å². The van der Waals surface area contributed by atoms with Crippen LogP contribution in [0.15, 0.2) is 34.8 Å². The number of rotatable bonds is 8. The molecule has 1 aliphatic carbocycles. The molecular formula is C24H30BrCl2NO2. The molecule has 3 rings (SSSR count). The Morgan fingerprint density at radius 1 is 0.967 bits per heavy atom. The monoisotopic (exact) mass is 513 g/mol. The van der Waals surface area contributed by atoms with E-state index in [0.29, 0.717) is 28.4 Å². The van der Waals surface area contributed by atoms with Crippen LogP contribution < -0.4 is 14.8 Å². The minimum absolute atomic E-state index is 0.282. The number of nitrogens with one attached hydrogen (secondary N) is 1. The number of benzene rings is 2. The maximum atomic E-state index is 6.28. The van der Waals surface area contributed by atoms with Crippen molar-refractivity contribution in [3.05, 3.63) is 56.0 Å². The van der Waals surface area contributed by atoms with E-state index < -0.39 is 0 Å². The van der Waals surface area contributed by atoms with E-state index in [4.69, 9.17) is 32.7 Å². The lowest BCUT2D eigenvalue weighted by molar-refractivity contribution is 0.269. The number of hydrogen-bond donors (Lipinski definition) is 1. The summed E-state index contributed by atoms with van der Waals surface area (Å²) in [5, 5.41) is 4.94. The molecule has 30 heavy (non-hydrogen) atoms. The Bertz CT molecular complexity index is 803. The summed E-state index contributed by atoms with van der Waals surface area (Å²) >= 11 is 16.3. The first kappa shape index (κ1) is 23.7. The van der Waals surface area contributed by atoms with Gasteiger partial charge < -0.3 is 14.8 Å². The maximum Gasteiger partial charge on any atom is 0.162 e. The summed E-state index contributed by atoms with van der Waals surface area (Å²) in [5.41, 5.74) is 1.94. The highest BCUT2D eigenvalue weighted by molar-refractivity contribution is 9.10. The molecule has 1 fully saturated rings. The third kappa shape index (κ3) is 6.78. The summed E-state index contributed by atoms with van der Waals surface area (Å²) in [6.07, 6.45) is 9.26. The quantitative estimate of drug-likeness (QED) is 0.387. The SMILES string of the molecule is CCOc1cc(CNC2CCCCCCC2)c(Br)cc1OCc1c(Cl)cccc1Cl. The molecular weight excluding hydrogens is 485 g/mol. The molecule has 1 N–H and O–H groups in total. The number of hydrogen-bond acceptors (Lipinski definition) is 3. The zero-order chi connectivity index (χ0) is 21.3. The molecule has 0 unspecified atom stereocenters. The van der Waals surface area contributed by atoms with E-state index in [1.807, 2.05) is 31.2 Å². The average Bonchev–Trinajstić information content (AvgIpc) is 2.69. The molecule has 2 aromatic carbocycles. The molecule has 0 radical (unpaired) electrons. The third-order valence-electron chi connectivity index (χ3n) is 5.53. The van der Waals surface area contributed by atoms with Gasteiger partial charge >= 0.3 is 0 Å². The Balaban J connectivity index is 1.70. The van der Waals surface area contributed by atoms with E-state index in [1.165, 1.54) is 50.5 Å². The fourth-order valence-corrected chi connectivity index (χ4v) is 4.80. The van der Waals surface area contributed by atoms with Gasteiger partial charge in [-0.05, 0) is 49.6 Å². The van der Waals surface area contributed by atoms with Crippen molar-refractivity contribution in [1.82, 2.24) is 5.32 Å². The molecule has 1 aliphatic rings. The molecule has 1 saturated carbocycles. The first-order valence-corrected chi connectivity index (χ1v) is 12.4. The van der Waals surface area contributed by atoms with E-state index in [0.717, 1.165) is 22.3 Å². The van der Waals surface area contributed by atoms with Crippen molar-refractivity contribution in [3.8, 4) is 11.5 Å². The molecule has 2 aromatic rings. The molecule has 0 atom stereocenters. The smallest absolute Gasteiger partial charge is 0.162 e. The van der Waals surface area contributed by atoms with Gasteiger partial charge in [-0.2, -0.15) is 0 Å². The van der Waals surface area contributed by atoms with Crippen molar-refractivity contribution in [3.63, 3.8) is 0 Å². The van der Waals surface area contributed by atoms with Crippen molar-refractivity contribution in [2.45, 2.75) is 71.1 Å². The molecule has 164 valence electrons. The summed E-state index contributed by atoms with van der Waals surface area (Å²) in [5.74, 6) is 1.41. The lowest BCUT2D eigenvalue weighted by Crippen LogP contribution is -2.29. The molecule has 0 aliphatic heterocycles. The predicted octanol–water partition coefficient (Wildman–Crippen LogP) is 7.94. The van der Waals surface area contributed by atoms with Gasteiger partial charge in [0.25, 0.3) is 0 Å². The normalized spacial score (nSPS) is 15.5. The molecule has 0 bridgehead atoms. The Morgan fingerprint density at radius 3 is 2.27 bits per heavy atom. The molecule has 0 spiro atoms. The van der Waals surface area contributed by atoms with Crippen LogP contribution in [0.4, 0.5) is 0 Å². The standard InChI is InChI=1S/C24H30BrCl2NO2/c1-2-29-23-13-17(15-28-18-9-6-4-3-5-7-10-18)20(25)14-24(23)30-16-19-21(26)11-8-12-22(19)27/h8,11-14,18,28H,2-7,9-10,15-16H2,1H3. The first-order valence-electron chi connectivity index (χ1n) is 10.8. The van der Waals surface area contributed by atoms with Gasteiger partial charge in [0.2, 0.25) is 0 Å². The van der Waals surface area contributed by atoms with Gasteiger partial charge in [-0.15, -0.1) is 0 Å². The number of halogens is 3. The van der Waals surface area contributed by atoms with E-state index >= 15 is 0 Å². The van der Waals surface area contributed by atoms with Crippen LogP contribution in [0.5, 0.6) is 11.5 Å². The largest absolute Gasteiger partial charge is 0.490 e. The van der Waals surface area contributed by atoms with Gasteiger partial charge in [-0.3, -0.25) is 0 Å². The Kier molecular flexibility index (Phi) is 9.64. The molecule has 0 amide bonds. The molecule has 0 saturated heterocycles. The zero-order valence-corrected chi connectivity index (χ0v) is 20.6. The lowest BCUT2D eigenvalue weighted by Gasteiger charge is -2.22. The Labute approximate surface area is 198 Å². The highest BCUT2D eigenvalue weighted by Gasteiger charge is 2.15. The van der Waals surface area contributed by atoms with E-state index in [1.54, 1.807) is 0 Å². The van der Waals surface area contributed by atoms with Crippen molar-refractivity contribution in [1.29, 1.82) is 0 Å². The first-order chi connectivity index (χ1) is 14.6. The Morgan fingerprint density at radius 2 is 1.60 bits per heavy atom. The van der Waals surface area contributed by atoms with Crippen LogP contribution in [0.3, 0.4) is 0 Å². The Hall–Kier alpha value is -0.940. The fraction of sp³-hybridized carbons (Fsp3) is 0.500. The van der Waals surface area contributed by atoms with E-state index in [9.17, 15) is 0 Å². The second-order valence-electron chi connectivity index (χ2n) is 7.74. The second-order valence-corrected chi connectivity index (χ2v) is 9.40. The van der Waals surface area contributed by atoms with Gasteiger partial charge in [-0.1, -0.05) is 77.3 Å². The van der Waals surface area contributed by atoms with E-state index in [2.05, 4.69) is 27.3 Å². The minimum atomic E-state index is 0.282. The zero-order valence-electron chi connectivity index (χ0n) is 17.5. The maximum absolute atomic E-state index is 6.28. The summed E-state index contributed by atoms with van der Waals surface area (Å²) in [6, 6.07) is 10.1. The fourth-order valence-electron chi connectivity index (χ4n) is 3.83. The van der Waals surface area contributed by atoms with Crippen molar-refractivity contribution in [2.24, 2.45) is 0 Å². The predicted molar refractivity (Wildman–Crippen MR) is 129 cm³/mol. The van der Waals surface area contributed by atoms with Crippen LogP contribution in [0.25, 0.3) is 0 Å². The minimum Gasteiger partial charge on any atom is -0.490 e. The second kappa shape index (κ2) is 12.2. The van der Waals surface area contributed by atoms with Crippen molar-refractivity contribution in [2.75, 3.05) is 6.61 Å². The average molecular weight is 515 g/mol. The van der Waals surface area contributed by atoms with E-state index in [-0.39, 0.29) is 6.61 Å². The summed E-state index contributed by atoms with van der Waals surface area (Å²) in [6.45, 7) is 3.64. The molecule has 6 heteroatoms. The van der Waals surface area contributed by atoms with Gasteiger partial charge in [-0.25, -0.2) is 0 Å². The van der Waals surface area contributed by atoms with Crippen LogP contribution >= 0.6 is 39.1 Å². The summed E-state index contributed by atoms with van der Waals surface area (Å²) in [4.78, 5) is 0. The topological polar surface area (TPSA) is 30.5 Å². The van der Waals surface area contributed by atoms with Crippen LogP contribution in [0, 0.1) is 0 Å². The van der Waals surface area contributed by atoms with Gasteiger partial charge in [0.1, 0.15) is 6.61 Å². The van der Waals surface area contributed by atoms with Crippen molar-refractivity contribution < 1.29 is 9.47 Å². The van der Waals surface area contributed by atoms with Crippen LogP contribution in [-0.2, 0) is 13.2 Å². The van der Waals surface area contributed by atoms with Crippen LogP contribution in [0.1, 0.15) is 63.0 Å². The highest BCUT2D eigenvalue weighted by Crippen LogP contribution is 2.36. The summed E-state index contributed by atoms with van der Waals surface area (Å²) in [7, 11) is 0. The van der Waals surface area contributed by atoms with Crippen molar-refractivity contribution >= 4 is 39.1 Å². The molecule has 0 aromatic heterocycles. The highest BCUT2D eigenvalue weighted by atomic mass is 79.9. The summed E-state index contributed by atoms with van der Waals surface area (Å²) < 4.78 is 12.9. The molecule has 0 heterocycles. The number of ether oxygens (including phenoxy) is 2. The van der Waals surface area contributed by atoms with Crippen LogP contribution in [-0.4, -0.2) is 12.6 Å². The molecule has 3 nitrogen and oxygen atoms in total. The van der Waals surface area contributed by atoms with Gasteiger partial charge in [0.05, 0.1) is 6.61 Å². The van der Waals surface area contributed by atoms with Gasteiger partial charge in [0.15, 0.2) is 11.5 Å².